The van der Waals surface area contributed by atoms with E-state index in [9.17, 15) is 4.21 Å². The van der Waals surface area contributed by atoms with Gasteiger partial charge in [-0.2, -0.15) is 0 Å². The first kappa shape index (κ1) is 25.6. The Bertz CT molecular complexity index is 929. The molecule has 2 aromatic rings. The highest BCUT2D eigenvalue weighted by Gasteiger charge is 2.21. The first-order valence-corrected chi connectivity index (χ1v) is 12.3. The minimum absolute atomic E-state index is 0.0796. The third-order valence-electron chi connectivity index (χ3n) is 4.10. The summed E-state index contributed by atoms with van der Waals surface area (Å²) in [5.74, 6) is 6.01. The lowest BCUT2D eigenvalue weighted by atomic mass is 9.99. The summed E-state index contributed by atoms with van der Waals surface area (Å²) in [6.45, 7) is 0.637. The van der Waals surface area contributed by atoms with Crippen LogP contribution in [0.15, 0.2) is 56.2 Å². The molecule has 170 valence electrons. The van der Waals surface area contributed by atoms with Gasteiger partial charge < -0.3 is 22.3 Å². The monoisotopic (exact) mass is 484 g/mol. The van der Waals surface area contributed by atoms with Crippen LogP contribution in [-0.2, 0) is 11.0 Å². The van der Waals surface area contributed by atoms with Crippen molar-refractivity contribution >= 4 is 40.5 Å². The normalized spacial score (nSPS) is 13.8. The number of hydrazone groups is 1. The van der Waals surface area contributed by atoms with Gasteiger partial charge in [0, 0.05) is 35.3 Å². The average Bonchev–Trinajstić information content (AvgIpc) is 2.80. The molecule has 13 heteroatoms. The highest BCUT2D eigenvalue weighted by molar-refractivity contribution is 7.99. The van der Waals surface area contributed by atoms with Gasteiger partial charge in [-0.25, -0.2) is 20.3 Å². The van der Waals surface area contributed by atoms with Gasteiger partial charge in [-0.15, -0.1) is 16.9 Å². The predicted octanol–water partition coefficient (Wildman–Crippen LogP) is -0.614. The maximum Gasteiger partial charge on any atom is 0.153 e. The molecule has 0 saturated heterocycles. The lowest BCUT2D eigenvalue weighted by Crippen LogP contribution is -2.27. The van der Waals surface area contributed by atoms with Crippen LogP contribution >= 0.6 is 23.7 Å². The highest BCUT2D eigenvalue weighted by Crippen LogP contribution is 2.35. The summed E-state index contributed by atoms with van der Waals surface area (Å²) in [7, 11) is -1.54. The van der Waals surface area contributed by atoms with Crippen LogP contribution in [0, 0.1) is 0 Å². The van der Waals surface area contributed by atoms with Crippen LogP contribution in [0.5, 0.6) is 0 Å². The molecule has 2 unspecified atom stereocenters. The first-order valence-electron chi connectivity index (χ1n) is 9.24. The van der Waals surface area contributed by atoms with Crippen LogP contribution in [0.3, 0.4) is 0 Å². The van der Waals surface area contributed by atoms with Gasteiger partial charge in [-0.3, -0.25) is 5.14 Å². The molecule has 0 spiro atoms. The summed E-state index contributed by atoms with van der Waals surface area (Å²) in [4.78, 5) is 1.95. The summed E-state index contributed by atoms with van der Waals surface area (Å²) in [5, 5.41) is 19.0. The Balaban J connectivity index is 2.57. The number of amidine groups is 1. The second-order valence-electron chi connectivity index (χ2n) is 6.29. The number of hydrazine groups is 1. The van der Waals surface area contributed by atoms with E-state index in [1.54, 1.807) is 6.07 Å². The van der Waals surface area contributed by atoms with Crippen molar-refractivity contribution in [2.45, 2.75) is 20.7 Å². The molecule has 0 aliphatic carbocycles. The number of thioether (sulfide) groups is 1. The molecule has 0 amide bonds. The number of hydrogen-bond acceptors (Lipinski definition) is 10. The molecule has 0 radical (unpaired) electrons. The van der Waals surface area contributed by atoms with Gasteiger partial charge in [-0.1, -0.05) is 18.2 Å². The molecule has 2 aromatic carbocycles. The molecule has 0 bridgehead atoms. The molecule has 31 heavy (non-hydrogen) atoms. The minimum Gasteiger partial charge on any atom is -0.395 e. The smallest absolute Gasteiger partial charge is 0.153 e. The standard InChI is InChI=1S/C18H28N8O2S3/c19-6-7-24-31(28)15-5-4-14(16(17(15)30-23)18(21)25-26-22)11-2-1-3-13(8-11)29-10-12(20)9-27/h1-5,8,12,24,26-27H,6-7,9-10,19-20,22-23H2,(H2,21,25). The van der Waals surface area contributed by atoms with E-state index in [0.29, 0.717) is 34.2 Å². The van der Waals surface area contributed by atoms with E-state index >= 15 is 0 Å². The maximum atomic E-state index is 12.7. The Labute approximate surface area is 192 Å². The van der Waals surface area contributed by atoms with Gasteiger partial charge >= 0.3 is 0 Å². The van der Waals surface area contributed by atoms with Crippen molar-refractivity contribution in [3.05, 3.63) is 42.0 Å². The molecule has 10 nitrogen and oxygen atoms in total. The summed E-state index contributed by atoms with van der Waals surface area (Å²) < 4.78 is 15.6. The van der Waals surface area contributed by atoms with Gasteiger partial charge in [0.25, 0.3) is 0 Å². The van der Waals surface area contributed by atoms with Crippen molar-refractivity contribution in [1.29, 1.82) is 0 Å². The summed E-state index contributed by atoms with van der Waals surface area (Å²) in [5.41, 5.74) is 21.8. The molecule has 0 aromatic heterocycles. The minimum atomic E-state index is -1.54. The molecular weight excluding hydrogens is 456 g/mol. The zero-order valence-electron chi connectivity index (χ0n) is 16.8. The lowest BCUT2D eigenvalue weighted by Gasteiger charge is -2.17. The van der Waals surface area contributed by atoms with Crippen molar-refractivity contribution in [3.63, 3.8) is 0 Å². The van der Waals surface area contributed by atoms with Crippen LogP contribution < -0.4 is 38.4 Å². The summed E-state index contributed by atoms with van der Waals surface area (Å²) in [6, 6.07) is 11.0. The molecular formula is C18H28N8O2S3. The fourth-order valence-electron chi connectivity index (χ4n) is 2.69. The third-order valence-corrected chi connectivity index (χ3v) is 7.28. The molecule has 13 N–H and O–H groups in total. The van der Waals surface area contributed by atoms with Crippen molar-refractivity contribution in [3.8, 4) is 11.1 Å². The lowest BCUT2D eigenvalue weighted by molar-refractivity contribution is 0.275. The van der Waals surface area contributed by atoms with Gasteiger partial charge in [0.1, 0.15) is 11.0 Å². The molecule has 0 saturated carbocycles. The van der Waals surface area contributed by atoms with Gasteiger partial charge in [0.2, 0.25) is 0 Å². The third kappa shape index (κ3) is 6.90. The summed E-state index contributed by atoms with van der Waals surface area (Å²) >= 11 is 2.46. The second-order valence-corrected chi connectivity index (χ2v) is 9.30. The molecule has 0 aliphatic heterocycles. The van der Waals surface area contributed by atoms with Crippen LogP contribution in [0.25, 0.3) is 11.1 Å². The van der Waals surface area contributed by atoms with Gasteiger partial charge in [-0.05, 0) is 41.3 Å². The first-order chi connectivity index (χ1) is 15.0. The maximum absolute atomic E-state index is 12.7. The van der Waals surface area contributed by atoms with Crippen molar-refractivity contribution < 1.29 is 9.32 Å². The molecule has 0 heterocycles. The van der Waals surface area contributed by atoms with Crippen LogP contribution in [0.1, 0.15) is 5.56 Å². The average molecular weight is 485 g/mol. The van der Waals surface area contributed by atoms with Crippen LogP contribution in [0.2, 0.25) is 0 Å². The van der Waals surface area contributed by atoms with Crippen molar-refractivity contribution in [2.75, 3.05) is 25.4 Å². The number of nitrogens with zero attached hydrogens (tertiary/aromatic N) is 1. The number of rotatable bonds is 12. The largest absolute Gasteiger partial charge is 0.395 e. The quantitative estimate of drug-likeness (QED) is 0.0479. The number of aliphatic hydroxyl groups excluding tert-OH is 1. The van der Waals surface area contributed by atoms with Gasteiger partial charge in [0.05, 0.1) is 16.4 Å². The number of aliphatic hydroxyl groups is 1. The number of benzene rings is 2. The predicted molar refractivity (Wildman–Crippen MR) is 129 cm³/mol. The van der Waals surface area contributed by atoms with E-state index in [2.05, 4.69) is 15.4 Å². The fourth-order valence-corrected chi connectivity index (χ4v) is 5.39. The van der Waals surface area contributed by atoms with E-state index in [1.807, 2.05) is 30.3 Å². The van der Waals surface area contributed by atoms with Gasteiger partial charge in [0.15, 0.2) is 5.84 Å². The fraction of sp³-hybridized carbons (Fsp3) is 0.278. The molecule has 0 aliphatic rings. The number of nitrogens with two attached hydrogens (primary N) is 5. The Morgan fingerprint density at radius 3 is 2.71 bits per heavy atom. The topological polar surface area (TPSA) is 204 Å². The number of hydrogen-bond donors (Lipinski definition) is 8. The van der Waals surface area contributed by atoms with E-state index in [0.717, 1.165) is 28.0 Å². The van der Waals surface area contributed by atoms with Crippen molar-refractivity contribution in [2.24, 2.45) is 33.3 Å². The van der Waals surface area contributed by atoms with Crippen molar-refractivity contribution in [1.82, 2.24) is 10.3 Å². The SMILES string of the molecule is NCCNS(=O)c1ccc(-c2cccc(SCC(N)CO)c2)c(/C(N)=N/NN)c1SN. The highest BCUT2D eigenvalue weighted by atomic mass is 32.2. The van der Waals surface area contributed by atoms with E-state index in [-0.39, 0.29) is 18.5 Å². The van der Waals surface area contributed by atoms with E-state index in [4.69, 9.17) is 33.3 Å². The van der Waals surface area contributed by atoms with Crippen LogP contribution in [-0.4, -0.2) is 46.6 Å². The van der Waals surface area contributed by atoms with E-state index in [1.165, 1.54) is 11.8 Å². The Kier molecular flexibility index (Phi) is 10.7. The molecule has 2 rings (SSSR count). The van der Waals surface area contributed by atoms with E-state index < -0.39 is 11.0 Å². The molecule has 0 fully saturated rings. The Morgan fingerprint density at radius 1 is 1.29 bits per heavy atom. The Hall–Kier alpha value is -1.68. The summed E-state index contributed by atoms with van der Waals surface area (Å²) in [6.07, 6.45) is 0. The second kappa shape index (κ2) is 13.0. The van der Waals surface area contributed by atoms with Crippen LogP contribution in [0.4, 0.5) is 0 Å². The zero-order chi connectivity index (χ0) is 22.8. The number of nitrogens with one attached hydrogen (secondary N) is 2. The zero-order valence-corrected chi connectivity index (χ0v) is 19.2. The Morgan fingerprint density at radius 2 is 2.06 bits per heavy atom. The molecule has 2 atom stereocenters.